The van der Waals surface area contributed by atoms with Gasteiger partial charge in [-0.2, -0.15) is 9.49 Å². The first-order valence-electron chi connectivity index (χ1n) is 11.6. The maximum absolute atomic E-state index is 14.7. The zero-order valence-electron chi connectivity index (χ0n) is 20.7. The molecule has 2 saturated heterocycles. The molecule has 2 aromatic rings. The molecule has 3 heterocycles. The normalized spacial score (nSPS) is 24.8. The number of hydrogen-bond acceptors (Lipinski definition) is 6. The van der Waals surface area contributed by atoms with Crippen LogP contribution in [0.15, 0.2) is 29.5 Å². The van der Waals surface area contributed by atoms with Gasteiger partial charge in [0.05, 0.1) is 29.0 Å². The van der Waals surface area contributed by atoms with E-state index in [2.05, 4.69) is 43.1 Å². The summed E-state index contributed by atoms with van der Waals surface area (Å²) in [5, 5.41) is 7.43. The average Bonchev–Trinajstić information content (AvgIpc) is 3.44. The summed E-state index contributed by atoms with van der Waals surface area (Å²) < 4.78 is 29.0. The molecule has 0 aliphatic carbocycles. The molecule has 1 aromatic carbocycles. The van der Waals surface area contributed by atoms with Gasteiger partial charge in [-0.1, -0.05) is 0 Å². The van der Waals surface area contributed by atoms with E-state index in [0.717, 1.165) is 17.5 Å². The number of ether oxygens (including phenoxy) is 2. The predicted octanol–water partition coefficient (Wildman–Crippen LogP) is 3.90. The van der Waals surface area contributed by atoms with Gasteiger partial charge in [0.25, 0.3) is 0 Å². The van der Waals surface area contributed by atoms with E-state index < -0.39 is 5.97 Å². The molecule has 2 fully saturated rings. The van der Waals surface area contributed by atoms with Crippen LogP contribution in [0.2, 0.25) is 0 Å². The fourth-order valence-corrected chi connectivity index (χ4v) is 5.09. The number of nitrogen functional groups attached to an aromatic ring is 1. The Labute approximate surface area is 199 Å². The van der Waals surface area contributed by atoms with Gasteiger partial charge in [-0.05, 0) is 52.3 Å². The zero-order chi connectivity index (χ0) is 24.8. The van der Waals surface area contributed by atoms with E-state index in [9.17, 15) is 9.18 Å². The van der Waals surface area contributed by atoms with Crippen molar-refractivity contribution in [1.29, 1.82) is 0 Å². The smallest absolute Gasteiger partial charge is 0.221 e. The van der Waals surface area contributed by atoms with E-state index in [4.69, 9.17) is 15.2 Å². The van der Waals surface area contributed by atoms with Crippen LogP contribution in [0.4, 0.5) is 10.1 Å². The summed E-state index contributed by atoms with van der Waals surface area (Å²) in [6.45, 7) is 10.7. The number of aliphatic imine (C=N–C) groups is 1. The molecule has 2 aliphatic rings. The third-order valence-corrected chi connectivity index (χ3v) is 6.80. The zero-order valence-corrected chi connectivity index (χ0v) is 20.7. The molecule has 0 radical (unpaired) electrons. The van der Waals surface area contributed by atoms with Gasteiger partial charge in [-0.25, -0.2) is 0 Å². The lowest BCUT2D eigenvalue weighted by molar-refractivity contribution is -0.119. The first kappa shape index (κ1) is 24.2. The quantitative estimate of drug-likeness (QED) is 0.491. The first-order chi connectivity index (χ1) is 15.9. The number of hydrogen-bond donors (Lipinski definition) is 2. The highest BCUT2D eigenvalue weighted by Gasteiger charge is 2.47. The Kier molecular flexibility index (Phi) is 6.18. The lowest BCUT2D eigenvalue weighted by Crippen LogP contribution is -2.31. The summed E-state index contributed by atoms with van der Waals surface area (Å²) in [6.07, 6.45) is 4.62. The van der Waals surface area contributed by atoms with Gasteiger partial charge in [0.1, 0.15) is 11.9 Å². The molecule has 8 nitrogen and oxygen atoms in total. The number of rotatable bonds is 6. The molecule has 184 valence electrons. The van der Waals surface area contributed by atoms with Crippen LogP contribution in [0.3, 0.4) is 0 Å². The fraction of sp³-hybridized carbons (Fsp3) is 0.560. The first-order valence-corrected chi connectivity index (χ1v) is 11.6. The van der Waals surface area contributed by atoms with Crippen molar-refractivity contribution in [2.24, 2.45) is 10.9 Å². The Balaban J connectivity index is 1.68. The van der Waals surface area contributed by atoms with E-state index in [1.54, 1.807) is 18.3 Å². The van der Waals surface area contributed by atoms with Crippen LogP contribution in [0.1, 0.15) is 59.1 Å². The molecule has 1 aromatic heterocycles. The third-order valence-electron chi connectivity index (χ3n) is 6.80. The van der Waals surface area contributed by atoms with E-state index in [-0.39, 0.29) is 46.4 Å². The summed E-state index contributed by atoms with van der Waals surface area (Å²) in [5.41, 5.74) is 7.61. The number of nitrogens with zero attached hydrogens (tertiary/aromatic N) is 3. The summed E-state index contributed by atoms with van der Waals surface area (Å²) in [6, 6.07) is 3.54. The molecule has 0 bridgehead atoms. The summed E-state index contributed by atoms with van der Waals surface area (Å²) >= 11 is 0. The second-order valence-electron chi connectivity index (χ2n) is 10.4. The van der Waals surface area contributed by atoms with Crippen LogP contribution >= 0.6 is 0 Å². The molecule has 34 heavy (non-hydrogen) atoms. The van der Waals surface area contributed by atoms with E-state index >= 15 is 0 Å². The largest absolute Gasteiger partial charge is 0.489 e. The van der Waals surface area contributed by atoms with Gasteiger partial charge < -0.3 is 20.5 Å². The minimum atomic E-state index is -0.699. The van der Waals surface area contributed by atoms with Gasteiger partial charge in [0, 0.05) is 49.8 Å². The maximum atomic E-state index is 14.7. The maximum Gasteiger partial charge on any atom is 0.221 e. The van der Waals surface area contributed by atoms with Gasteiger partial charge >= 0.3 is 0 Å². The molecule has 3 atom stereocenters. The Morgan fingerprint density at radius 2 is 2.09 bits per heavy atom. The summed E-state index contributed by atoms with van der Waals surface area (Å²) in [4.78, 5) is 15.3. The molecule has 1 unspecified atom stereocenters. The lowest BCUT2D eigenvalue weighted by atomic mass is 9.94. The molecule has 0 spiro atoms. The third kappa shape index (κ3) is 4.66. The van der Waals surface area contributed by atoms with Crippen LogP contribution < -0.4 is 15.8 Å². The monoisotopic (exact) mass is 471 g/mol. The van der Waals surface area contributed by atoms with Crippen molar-refractivity contribution in [2.75, 3.05) is 19.3 Å². The second kappa shape index (κ2) is 8.69. The number of carbonyl (C=O) groups is 1. The number of aromatic nitrogens is 2. The van der Waals surface area contributed by atoms with Crippen LogP contribution in [-0.4, -0.2) is 52.6 Å². The number of nitrogens with two attached hydrogens (primary N) is 1. The van der Waals surface area contributed by atoms with Crippen molar-refractivity contribution in [3.63, 3.8) is 0 Å². The van der Waals surface area contributed by atoms with Crippen molar-refractivity contribution >= 4 is 17.6 Å². The highest BCUT2D eigenvalue weighted by Crippen LogP contribution is 2.45. The number of carbonyl (C=O) groups excluding carboxylic acids is 1. The molecule has 2 aliphatic heterocycles. The van der Waals surface area contributed by atoms with E-state index in [1.165, 1.54) is 7.05 Å². The molecule has 1 amide bonds. The Morgan fingerprint density at radius 1 is 1.35 bits per heavy atom. The highest BCUT2D eigenvalue weighted by molar-refractivity contribution is 6.02. The van der Waals surface area contributed by atoms with Crippen molar-refractivity contribution in [1.82, 2.24) is 15.1 Å². The number of nitrogens with one attached hydrogen (secondary N) is 1. The average molecular weight is 472 g/mol. The van der Waals surface area contributed by atoms with Crippen molar-refractivity contribution in [2.45, 2.75) is 70.8 Å². The molecule has 3 N–H and O–H groups in total. The van der Waals surface area contributed by atoms with Gasteiger partial charge in [-0.15, -0.1) is 0 Å². The Bertz CT molecular complexity index is 1120. The molecular formula is C25H34FN5O3. The van der Waals surface area contributed by atoms with E-state index in [1.807, 2.05) is 17.8 Å². The number of halogens is 1. The SMILES string of the molecule is CN=C(F)c1c(N)cc(-c2cnn(C3CC(C)(C)OC3(C)C)c2)cc1O[C@H](C)[C@H]1CNC(=O)C1. The Morgan fingerprint density at radius 3 is 2.68 bits per heavy atom. The van der Waals surface area contributed by atoms with Crippen molar-refractivity contribution in [3.8, 4) is 16.9 Å². The van der Waals surface area contributed by atoms with Crippen LogP contribution in [0.5, 0.6) is 5.75 Å². The van der Waals surface area contributed by atoms with Crippen molar-refractivity contribution in [3.05, 3.63) is 30.1 Å². The van der Waals surface area contributed by atoms with Gasteiger partial charge in [0.2, 0.25) is 11.9 Å². The lowest BCUT2D eigenvalue weighted by Gasteiger charge is -2.27. The predicted molar refractivity (Wildman–Crippen MR) is 130 cm³/mol. The van der Waals surface area contributed by atoms with Gasteiger partial charge in [-0.3, -0.25) is 14.5 Å². The summed E-state index contributed by atoms with van der Waals surface area (Å²) in [7, 11) is 1.37. The van der Waals surface area contributed by atoms with Crippen LogP contribution in [0.25, 0.3) is 11.1 Å². The molecular weight excluding hydrogens is 437 g/mol. The van der Waals surface area contributed by atoms with Crippen molar-refractivity contribution < 1.29 is 18.7 Å². The fourth-order valence-electron chi connectivity index (χ4n) is 5.09. The topological polar surface area (TPSA) is 104 Å². The van der Waals surface area contributed by atoms with Gasteiger partial charge in [0.15, 0.2) is 0 Å². The number of anilines is 1. The standard InChI is InChI=1S/C25H34FN5O3/c1-14(16-9-21(32)29-11-16)33-19-8-15(7-18(27)22(19)23(26)28-6)17-12-30-31(13-17)20-10-24(2,3)34-25(20,4)5/h7-8,12-14,16,20H,9-11,27H2,1-6H3,(H,29,32)/t14-,16-,20?/m1/s1. The summed E-state index contributed by atoms with van der Waals surface area (Å²) in [5.74, 6) is -0.426. The Hall–Kier alpha value is -2.94. The number of benzene rings is 1. The minimum absolute atomic E-state index is 0.00959. The van der Waals surface area contributed by atoms with Crippen LogP contribution in [0, 0.1) is 5.92 Å². The molecule has 9 heteroatoms. The minimum Gasteiger partial charge on any atom is -0.489 e. The molecule has 4 rings (SSSR count). The molecule has 0 saturated carbocycles. The highest BCUT2D eigenvalue weighted by atomic mass is 19.1. The number of amides is 1. The van der Waals surface area contributed by atoms with Crippen LogP contribution in [-0.2, 0) is 9.53 Å². The van der Waals surface area contributed by atoms with E-state index in [0.29, 0.717) is 18.7 Å². The second-order valence-corrected chi connectivity index (χ2v) is 10.4.